The summed E-state index contributed by atoms with van der Waals surface area (Å²) < 4.78 is 33.7. The standard InChI is InChI=1S/C19H14F2N4O2/c20-11-4-5-13(15(21)7-11)17-8-12(24-27-17)9-23-19(26)14-10-25-6-2-1-3-16(25)18(14)22/h1-8,10H,9,22H2,(H,23,26). The highest BCUT2D eigenvalue weighted by molar-refractivity contribution is 6.03. The van der Waals surface area contributed by atoms with Crippen molar-refractivity contribution in [3.8, 4) is 11.3 Å². The van der Waals surface area contributed by atoms with Crippen LogP contribution in [0.2, 0.25) is 0 Å². The summed E-state index contributed by atoms with van der Waals surface area (Å²) in [6, 6.07) is 10.1. The molecule has 4 rings (SSSR count). The van der Waals surface area contributed by atoms with Crippen LogP contribution >= 0.6 is 0 Å². The van der Waals surface area contributed by atoms with E-state index in [9.17, 15) is 13.6 Å². The molecule has 0 atom stereocenters. The zero-order chi connectivity index (χ0) is 19.0. The summed E-state index contributed by atoms with van der Waals surface area (Å²) in [7, 11) is 0. The maximum atomic E-state index is 13.8. The fourth-order valence-corrected chi connectivity index (χ4v) is 2.80. The summed E-state index contributed by atoms with van der Waals surface area (Å²) in [4.78, 5) is 12.4. The number of benzene rings is 1. The number of halogens is 2. The Balaban J connectivity index is 1.49. The summed E-state index contributed by atoms with van der Waals surface area (Å²) >= 11 is 0. The molecule has 136 valence electrons. The molecule has 3 aromatic heterocycles. The van der Waals surface area contributed by atoms with Gasteiger partial charge in [-0.1, -0.05) is 11.2 Å². The van der Waals surface area contributed by atoms with E-state index in [1.54, 1.807) is 16.8 Å². The zero-order valence-corrected chi connectivity index (χ0v) is 13.9. The van der Waals surface area contributed by atoms with Gasteiger partial charge >= 0.3 is 0 Å². The lowest BCUT2D eigenvalue weighted by atomic mass is 10.1. The van der Waals surface area contributed by atoms with Crippen LogP contribution in [0.3, 0.4) is 0 Å². The lowest BCUT2D eigenvalue weighted by molar-refractivity contribution is 0.0951. The molecule has 1 aromatic carbocycles. The van der Waals surface area contributed by atoms with Crippen LogP contribution in [0.5, 0.6) is 0 Å². The first-order valence-corrected chi connectivity index (χ1v) is 8.07. The lowest BCUT2D eigenvalue weighted by Crippen LogP contribution is -2.23. The van der Waals surface area contributed by atoms with Gasteiger partial charge in [0, 0.05) is 24.5 Å². The van der Waals surface area contributed by atoms with Crippen molar-refractivity contribution >= 4 is 17.1 Å². The molecule has 0 radical (unpaired) electrons. The average Bonchev–Trinajstić information content (AvgIpc) is 3.25. The molecule has 4 aromatic rings. The van der Waals surface area contributed by atoms with Gasteiger partial charge in [0.05, 0.1) is 28.9 Å². The highest BCUT2D eigenvalue weighted by Gasteiger charge is 2.16. The molecule has 1 amide bonds. The molecule has 0 unspecified atom stereocenters. The number of carbonyl (C=O) groups is 1. The number of fused-ring (bicyclic) bond motifs is 1. The monoisotopic (exact) mass is 368 g/mol. The Labute approximate surface area is 152 Å². The molecule has 3 N–H and O–H groups in total. The Kier molecular flexibility index (Phi) is 4.08. The van der Waals surface area contributed by atoms with Gasteiger partial charge in [-0.2, -0.15) is 0 Å². The van der Waals surface area contributed by atoms with Gasteiger partial charge in [-0.3, -0.25) is 4.79 Å². The third-order valence-electron chi connectivity index (χ3n) is 4.15. The number of amides is 1. The van der Waals surface area contributed by atoms with Gasteiger partial charge in [0.1, 0.15) is 17.3 Å². The molecular weight excluding hydrogens is 354 g/mol. The third-order valence-corrected chi connectivity index (χ3v) is 4.15. The first-order chi connectivity index (χ1) is 13.0. The summed E-state index contributed by atoms with van der Waals surface area (Å²) in [5.41, 5.74) is 7.96. The van der Waals surface area contributed by atoms with Crippen LogP contribution in [-0.2, 0) is 6.54 Å². The van der Waals surface area contributed by atoms with E-state index in [-0.39, 0.29) is 23.8 Å². The number of carbonyl (C=O) groups excluding carboxylic acids is 1. The minimum absolute atomic E-state index is 0.0662. The van der Waals surface area contributed by atoms with Crippen LogP contribution in [0.25, 0.3) is 16.8 Å². The SMILES string of the molecule is Nc1c(C(=O)NCc2cc(-c3ccc(F)cc3F)on2)cn2ccccc12. The lowest BCUT2D eigenvalue weighted by Gasteiger charge is -2.01. The number of nitrogens with zero attached hydrogens (tertiary/aromatic N) is 2. The smallest absolute Gasteiger partial charge is 0.255 e. The molecule has 0 saturated heterocycles. The Morgan fingerprint density at radius 3 is 2.85 bits per heavy atom. The van der Waals surface area contributed by atoms with Crippen LogP contribution in [0, 0.1) is 11.6 Å². The van der Waals surface area contributed by atoms with Crippen molar-refractivity contribution in [3.63, 3.8) is 0 Å². The number of hydrogen-bond donors (Lipinski definition) is 2. The average molecular weight is 368 g/mol. The molecule has 0 aliphatic carbocycles. The Morgan fingerprint density at radius 1 is 1.22 bits per heavy atom. The first kappa shape index (κ1) is 16.8. The quantitative estimate of drug-likeness (QED) is 0.578. The van der Waals surface area contributed by atoms with E-state index < -0.39 is 11.6 Å². The maximum Gasteiger partial charge on any atom is 0.255 e. The molecular formula is C19H14F2N4O2. The van der Waals surface area contributed by atoms with Crippen molar-refractivity contribution in [2.75, 3.05) is 5.73 Å². The first-order valence-electron chi connectivity index (χ1n) is 8.07. The number of nitrogens with two attached hydrogens (primary N) is 1. The number of anilines is 1. The summed E-state index contributed by atoms with van der Waals surface area (Å²) in [5, 5.41) is 6.50. The normalized spacial score (nSPS) is 11.0. The Bertz CT molecular complexity index is 1150. The number of pyridine rings is 1. The second-order valence-electron chi connectivity index (χ2n) is 5.94. The van der Waals surface area contributed by atoms with Gasteiger partial charge < -0.3 is 20.0 Å². The highest BCUT2D eigenvalue weighted by atomic mass is 19.1. The van der Waals surface area contributed by atoms with Gasteiger partial charge in [0.25, 0.3) is 5.91 Å². The van der Waals surface area contributed by atoms with Crippen LogP contribution in [0.1, 0.15) is 16.1 Å². The highest BCUT2D eigenvalue weighted by Crippen LogP contribution is 2.24. The maximum absolute atomic E-state index is 13.8. The van der Waals surface area contributed by atoms with Gasteiger partial charge in [-0.05, 0) is 24.3 Å². The summed E-state index contributed by atoms with van der Waals surface area (Å²) in [6.07, 6.45) is 3.44. The second kappa shape index (κ2) is 6.56. The Morgan fingerprint density at radius 2 is 2.07 bits per heavy atom. The fourth-order valence-electron chi connectivity index (χ4n) is 2.80. The predicted molar refractivity (Wildman–Crippen MR) is 94.8 cm³/mol. The van der Waals surface area contributed by atoms with Crippen LogP contribution < -0.4 is 11.1 Å². The van der Waals surface area contributed by atoms with Crippen molar-refractivity contribution in [1.29, 1.82) is 0 Å². The fraction of sp³-hybridized carbons (Fsp3) is 0.0526. The molecule has 27 heavy (non-hydrogen) atoms. The van der Waals surface area contributed by atoms with Crippen molar-refractivity contribution in [3.05, 3.63) is 77.8 Å². The number of nitrogen functional groups attached to an aromatic ring is 1. The molecule has 0 aliphatic heterocycles. The molecule has 0 fully saturated rings. The van der Waals surface area contributed by atoms with Crippen LogP contribution in [0.4, 0.5) is 14.5 Å². The van der Waals surface area contributed by atoms with Gasteiger partial charge in [-0.25, -0.2) is 8.78 Å². The van der Waals surface area contributed by atoms with E-state index in [0.717, 1.165) is 17.6 Å². The van der Waals surface area contributed by atoms with E-state index in [0.29, 0.717) is 16.9 Å². The van der Waals surface area contributed by atoms with Crippen molar-refractivity contribution in [1.82, 2.24) is 14.9 Å². The molecule has 3 heterocycles. The molecule has 0 aliphatic rings. The van der Waals surface area contributed by atoms with Crippen molar-refractivity contribution < 1.29 is 18.1 Å². The molecule has 0 saturated carbocycles. The van der Waals surface area contributed by atoms with Gasteiger partial charge in [0.15, 0.2) is 5.76 Å². The van der Waals surface area contributed by atoms with Gasteiger partial charge in [0.2, 0.25) is 0 Å². The number of nitrogens with one attached hydrogen (secondary N) is 1. The van der Waals surface area contributed by atoms with E-state index >= 15 is 0 Å². The second-order valence-corrected chi connectivity index (χ2v) is 5.94. The topological polar surface area (TPSA) is 85.6 Å². The molecule has 0 spiro atoms. The molecule has 0 bridgehead atoms. The van der Waals surface area contributed by atoms with E-state index in [4.69, 9.17) is 10.3 Å². The predicted octanol–water partition coefficient (Wildman–Crippen LogP) is 3.38. The van der Waals surface area contributed by atoms with Crippen LogP contribution in [-0.4, -0.2) is 15.5 Å². The largest absolute Gasteiger partial charge is 0.396 e. The van der Waals surface area contributed by atoms with E-state index in [2.05, 4.69) is 10.5 Å². The van der Waals surface area contributed by atoms with Crippen molar-refractivity contribution in [2.24, 2.45) is 0 Å². The number of rotatable bonds is 4. The zero-order valence-electron chi connectivity index (χ0n) is 13.9. The molecule has 6 nitrogen and oxygen atoms in total. The third kappa shape index (κ3) is 3.12. The van der Waals surface area contributed by atoms with Gasteiger partial charge in [-0.15, -0.1) is 0 Å². The Hall–Kier alpha value is -3.68. The summed E-state index contributed by atoms with van der Waals surface area (Å²) in [5.74, 6) is -1.66. The van der Waals surface area contributed by atoms with Crippen molar-refractivity contribution in [2.45, 2.75) is 6.54 Å². The number of hydrogen-bond acceptors (Lipinski definition) is 4. The van der Waals surface area contributed by atoms with E-state index in [1.165, 1.54) is 12.1 Å². The molecule has 8 heteroatoms. The van der Waals surface area contributed by atoms with Crippen LogP contribution in [0.15, 0.2) is 59.4 Å². The minimum atomic E-state index is -0.755. The number of aromatic nitrogens is 2. The van der Waals surface area contributed by atoms with E-state index in [1.807, 2.05) is 18.2 Å². The minimum Gasteiger partial charge on any atom is -0.396 e. The summed E-state index contributed by atoms with van der Waals surface area (Å²) in [6.45, 7) is 0.0662.